The predicted octanol–water partition coefficient (Wildman–Crippen LogP) is 2.93. The van der Waals surface area contributed by atoms with E-state index in [1.165, 1.54) is 31.2 Å². The maximum atomic E-state index is 6.49. The third kappa shape index (κ3) is 2.10. The Balaban J connectivity index is 1.93. The molecule has 1 aromatic rings. The molecule has 19 heavy (non-hydrogen) atoms. The maximum Gasteiger partial charge on any atom is 0.160 e. The molecule has 0 aromatic heterocycles. The molecule has 2 bridgehead atoms. The van der Waals surface area contributed by atoms with E-state index in [0.717, 1.165) is 17.4 Å². The smallest absolute Gasteiger partial charge is 0.160 e. The Labute approximate surface area is 115 Å². The summed E-state index contributed by atoms with van der Waals surface area (Å²) in [7, 11) is 3.36. The second-order valence-electron chi connectivity index (χ2n) is 5.89. The van der Waals surface area contributed by atoms with Crippen LogP contribution in [0.5, 0.6) is 11.5 Å². The van der Waals surface area contributed by atoms with Gasteiger partial charge in [-0.15, -0.1) is 0 Å². The van der Waals surface area contributed by atoms with Gasteiger partial charge in [-0.2, -0.15) is 0 Å². The van der Waals surface area contributed by atoms with Crippen molar-refractivity contribution < 1.29 is 9.47 Å². The molecule has 3 aliphatic carbocycles. The summed E-state index contributed by atoms with van der Waals surface area (Å²) < 4.78 is 10.7. The first-order valence-corrected chi connectivity index (χ1v) is 7.22. The van der Waals surface area contributed by atoms with Crippen LogP contribution in [0, 0.1) is 11.8 Å². The number of nitrogens with two attached hydrogens (primary N) is 1. The number of rotatable bonds is 3. The number of methoxy groups -OCH3 is 2. The van der Waals surface area contributed by atoms with Crippen LogP contribution in [0.2, 0.25) is 0 Å². The third-order valence-electron chi connectivity index (χ3n) is 5.08. The molecular formula is C16H23NO2. The lowest BCUT2D eigenvalue weighted by Crippen LogP contribution is -2.47. The molecule has 0 aliphatic heterocycles. The highest BCUT2D eigenvalue weighted by atomic mass is 16.5. The summed E-state index contributed by atoms with van der Waals surface area (Å²) in [5.41, 5.74) is 7.81. The number of benzene rings is 1. The topological polar surface area (TPSA) is 44.5 Å². The fourth-order valence-corrected chi connectivity index (χ4v) is 4.05. The van der Waals surface area contributed by atoms with E-state index in [0.29, 0.717) is 17.9 Å². The van der Waals surface area contributed by atoms with Gasteiger partial charge < -0.3 is 15.2 Å². The summed E-state index contributed by atoms with van der Waals surface area (Å²) in [6, 6.07) is 6.59. The van der Waals surface area contributed by atoms with Crippen LogP contribution in [-0.2, 0) is 0 Å². The molecule has 3 heteroatoms. The Kier molecular flexibility index (Phi) is 3.40. The Morgan fingerprint density at radius 1 is 0.947 bits per heavy atom. The fourth-order valence-electron chi connectivity index (χ4n) is 4.05. The Morgan fingerprint density at radius 2 is 1.58 bits per heavy atom. The zero-order valence-electron chi connectivity index (χ0n) is 11.8. The standard InChI is InChI=1S/C16H23NO2/c1-18-13-8-7-12(9-14(13)19-2)15-10-3-5-11(6-4-10)16(15)17/h7-11,15-16H,3-6,17H2,1-2H3/t10?,11?,15-,16+/m1/s1. The predicted molar refractivity (Wildman–Crippen MR) is 75.7 cm³/mol. The first-order valence-electron chi connectivity index (χ1n) is 7.22. The summed E-state index contributed by atoms with van der Waals surface area (Å²) in [6.07, 6.45) is 5.29. The van der Waals surface area contributed by atoms with Crippen LogP contribution in [0.4, 0.5) is 0 Å². The highest BCUT2D eigenvalue weighted by molar-refractivity contribution is 5.44. The van der Waals surface area contributed by atoms with Gasteiger partial charge >= 0.3 is 0 Å². The molecule has 3 nitrogen and oxygen atoms in total. The van der Waals surface area contributed by atoms with Gasteiger partial charge in [0.25, 0.3) is 0 Å². The van der Waals surface area contributed by atoms with E-state index >= 15 is 0 Å². The lowest BCUT2D eigenvalue weighted by molar-refractivity contribution is 0.116. The van der Waals surface area contributed by atoms with E-state index in [4.69, 9.17) is 15.2 Å². The fraction of sp³-hybridized carbons (Fsp3) is 0.625. The van der Waals surface area contributed by atoms with Gasteiger partial charge in [-0.05, 0) is 55.2 Å². The van der Waals surface area contributed by atoms with E-state index in [2.05, 4.69) is 12.1 Å². The lowest BCUT2D eigenvalue weighted by atomic mass is 9.60. The van der Waals surface area contributed by atoms with Crippen LogP contribution >= 0.6 is 0 Å². The van der Waals surface area contributed by atoms with Crippen LogP contribution in [0.3, 0.4) is 0 Å². The quantitative estimate of drug-likeness (QED) is 0.910. The second-order valence-corrected chi connectivity index (χ2v) is 5.89. The van der Waals surface area contributed by atoms with Crippen molar-refractivity contribution in [3.63, 3.8) is 0 Å². The van der Waals surface area contributed by atoms with E-state index in [9.17, 15) is 0 Å². The molecule has 2 atom stereocenters. The minimum absolute atomic E-state index is 0.311. The van der Waals surface area contributed by atoms with Crippen molar-refractivity contribution in [3.8, 4) is 11.5 Å². The van der Waals surface area contributed by atoms with Crippen molar-refractivity contribution in [2.45, 2.75) is 37.6 Å². The minimum atomic E-state index is 0.311. The molecule has 0 radical (unpaired) electrons. The van der Waals surface area contributed by atoms with Gasteiger partial charge in [0.15, 0.2) is 11.5 Å². The molecule has 0 amide bonds. The highest BCUT2D eigenvalue weighted by Crippen LogP contribution is 2.49. The first kappa shape index (κ1) is 12.8. The lowest BCUT2D eigenvalue weighted by Gasteiger charge is -2.47. The van der Waals surface area contributed by atoms with Gasteiger partial charge in [0.1, 0.15) is 0 Å². The highest BCUT2D eigenvalue weighted by Gasteiger charge is 2.42. The molecule has 4 rings (SSSR count). The summed E-state index contributed by atoms with van der Waals surface area (Å²) in [5, 5.41) is 0. The van der Waals surface area contributed by atoms with Crippen molar-refractivity contribution >= 4 is 0 Å². The molecule has 3 fully saturated rings. The number of hydrogen-bond acceptors (Lipinski definition) is 3. The van der Waals surface area contributed by atoms with E-state index in [1.54, 1.807) is 14.2 Å². The van der Waals surface area contributed by atoms with Crippen molar-refractivity contribution in [1.29, 1.82) is 0 Å². The average Bonchev–Trinajstić information content (AvgIpc) is 2.47. The Hall–Kier alpha value is -1.22. The zero-order chi connectivity index (χ0) is 13.4. The maximum absolute atomic E-state index is 6.49. The van der Waals surface area contributed by atoms with E-state index in [-0.39, 0.29) is 0 Å². The molecule has 0 saturated heterocycles. The van der Waals surface area contributed by atoms with E-state index in [1.807, 2.05) is 6.07 Å². The second kappa shape index (κ2) is 5.04. The summed E-state index contributed by atoms with van der Waals surface area (Å²) >= 11 is 0. The van der Waals surface area contributed by atoms with Gasteiger partial charge in [0, 0.05) is 12.0 Å². The summed E-state index contributed by atoms with van der Waals surface area (Å²) in [4.78, 5) is 0. The Morgan fingerprint density at radius 3 is 2.16 bits per heavy atom. The third-order valence-corrected chi connectivity index (χ3v) is 5.08. The molecule has 0 unspecified atom stereocenters. The SMILES string of the molecule is COc1ccc([C@H]2C3CCC(CC3)[C@@H]2N)cc1OC. The van der Waals surface area contributed by atoms with Gasteiger partial charge in [0.2, 0.25) is 0 Å². The van der Waals surface area contributed by atoms with Crippen molar-refractivity contribution in [1.82, 2.24) is 0 Å². The van der Waals surface area contributed by atoms with E-state index < -0.39 is 0 Å². The van der Waals surface area contributed by atoms with Gasteiger partial charge in [0.05, 0.1) is 14.2 Å². The van der Waals surface area contributed by atoms with Crippen LogP contribution in [0.15, 0.2) is 18.2 Å². The molecule has 2 N–H and O–H groups in total. The average molecular weight is 261 g/mol. The number of ether oxygens (including phenoxy) is 2. The molecule has 104 valence electrons. The summed E-state index contributed by atoms with van der Waals surface area (Å²) in [6.45, 7) is 0. The van der Waals surface area contributed by atoms with Crippen LogP contribution in [0.1, 0.15) is 37.2 Å². The summed E-state index contributed by atoms with van der Waals surface area (Å²) in [5.74, 6) is 3.56. The van der Waals surface area contributed by atoms with Crippen LogP contribution in [0.25, 0.3) is 0 Å². The molecule has 3 saturated carbocycles. The Bertz CT molecular complexity index is 450. The van der Waals surface area contributed by atoms with Crippen LogP contribution in [-0.4, -0.2) is 20.3 Å². The normalized spacial score (nSPS) is 33.2. The van der Waals surface area contributed by atoms with Crippen molar-refractivity contribution in [3.05, 3.63) is 23.8 Å². The molecule has 1 aromatic carbocycles. The molecular weight excluding hydrogens is 238 g/mol. The largest absolute Gasteiger partial charge is 0.493 e. The minimum Gasteiger partial charge on any atom is -0.493 e. The van der Waals surface area contributed by atoms with Gasteiger partial charge in [-0.1, -0.05) is 6.07 Å². The van der Waals surface area contributed by atoms with Crippen LogP contribution < -0.4 is 15.2 Å². The zero-order valence-corrected chi connectivity index (χ0v) is 11.8. The van der Waals surface area contributed by atoms with Crippen molar-refractivity contribution in [2.24, 2.45) is 17.6 Å². The molecule has 0 heterocycles. The van der Waals surface area contributed by atoms with Gasteiger partial charge in [-0.25, -0.2) is 0 Å². The molecule has 0 spiro atoms. The van der Waals surface area contributed by atoms with Gasteiger partial charge in [-0.3, -0.25) is 0 Å². The first-order chi connectivity index (χ1) is 9.24. The molecule has 3 aliphatic rings. The number of hydrogen-bond donors (Lipinski definition) is 1. The van der Waals surface area contributed by atoms with Crippen molar-refractivity contribution in [2.75, 3.05) is 14.2 Å². The number of fused-ring (bicyclic) bond motifs is 3. The monoisotopic (exact) mass is 261 g/mol.